The second kappa shape index (κ2) is 8.74. The number of rotatable bonds is 8. The molecule has 0 radical (unpaired) electrons. The Labute approximate surface area is 176 Å². The predicted molar refractivity (Wildman–Crippen MR) is 113 cm³/mol. The molecule has 156 valence electrons. The number of carbonyl (C=O) groups is 2. The number of benzene rings is 2. The van der Waals surface area contributed by atoms with Gasteiger partial charge in [0.2, 0.25) is 0 Å². The van der Waals surface area contributed by atoms with Gasteiger partial charge in [0.15, 0.2) is 5.78 Å². The van der Waals surface area contributed by atoms with E-state index in [0.29, 0.717) is 25.9 Å². The van der Waals surface area contributed by atoms with Crippen molar-refractivity contribution in [2.75, 3.05) is 13.7 Å². The third-order valence-corrected chi connectivity index (χ3v) is 5.88. The monoisotopic (exact) mass is 406 g/mol. The summed E-state index contributed by atoms with van der Waals surface area (Å²) < 4.78 is 16.8. The highest BCUT2D eigenvalue weighted by molar-refractivity contribution is 5.98. The standard InChI is InChI=1S/C25H26O5/c1-3-4-8-22(26)20-6-5-7-21-19(20)11-12-23(21)30-17-9-10-18-16(13-25(27)28-2)15-29-24(18)14-17/h3,5-7,9-10,14,16,23H,1,4,8,11-13,15H2,2H3/t16-,23-/m1/s1. The second-order valence-corrected chi connectivity index (χ2v) is 7.76. The molecule has 2 aromatic rings. The number of ether oxygens (including phenoxy) is 3. The number of allylic oxidation sites excluding steroid dienone is 1. The summed E-state index contributed by atoms with van der Waals surface area (Å²) in [5.41, 5.74) is 4.01. The molecule has 1 aliphatic carbocycles. The third-order valence-electron chi connectivity index (χ3n) is 5.88. The Kier molecular flexibility index (Phi) is 5.88. The van der Waals surface area contributed by atoms with Crippen molar-refractivity contribution in [2.45, 2.75) is 44.1 Å². The van der Waals surface area contributed by atoms with Crippen LogP contribution in [0.25, 0.3) is 0 Å². The lowest BCUT2D eigenvalue weighted by molar-refractivity contribution is -0.141. The fourth-order valence-corrected chi connectivity index (χ4v) is 4.32. The highest BCUT2D eigenvalue weighted by atomic mass is 16.5. The molecule has 2 aliphatic rings. The maximum Gasteiger partial charge on any atom is 0.306 e. The molecule has 0 unspecified atom stereocenters. The Hall–Kier alpha value is -3.08. The largest absolute Gasteiger partial charge is 0.492 e. The summed E-state index contributed by atoms with van der Waals surface area (Å²) in [6.07, 6.45) is 4.84. The topological polar surface area (TPSA) is 61.8 Å². The fourth-order valence-electron chi connectivity index (χ4n) is 4.32. The van der Waals surface area contributed by atoms with Gasteiger partial charge < -0.3 is 14.2 Å². The normalized spacial score (nSPS) is 18.8. The van der Waals surface area contributed by atoms with Crippen LogP contribution in [0, 0.1) is 0 Å². The molecule has 0 N–H and O–H groups in total. The summed E-state index contributed by atoms with van der Waals surface area (Å²) in [6, 6.07) is 11.7. The van der Waals surface area contributed by atoms with Crippen molar-refractivity contribution in [2.24, 2.45) is 0 Å². The predicted octanol–water partition coefficient (Wildman–Crippen LogP) is 4.94. The molecule has 0 fully saturated rings. The molecular formula is C25H26O5. The van der Waals surface area contributed by atoms with Crippen molar-refractivity contribution in [1.29, 1.82) is 0 Å². The van der Waals surface area contributed by atoms with Gasteiger partial charge in [0.25, 0.3) is 0 Å². The zero-order valence-corrected chi connectivity index (χ0v) is 17.2. The lowest BCUT2D eigenvalue weighted by atomic mass is 9.97. The zero-order valence-electron chi connectivity index (χ0n) is 17.2. The lowest BCUT2D eigenvalue weighted by Gasteiger charge is -2.16. The first-order valence-electron chi connectivity index (χ1n) is 10.4. The molecule has 0 aromatic heterocycles. The average Bonchev–Trinajstić information content (AvgIpc) is 3.36. The number of fused-ring (bicyclic) bond motifs is 2. The van der Waals surface area contributed by atoms with Crippen LogP contribution < -0.4 is 9.47 Å². The molecule has 0 bridgehead atoms. The highest BCUT2D eigenvalue weighted by Gasteiger charge is 2.30. The molecule has 0 amide bonds. The maximum absolute atomic E-state index is 12.5. The molecule has 5 nitrogen and oxygen atoms in total. The van der Waals surface area contributed by atoms with Gasteiger partial charge in [0, 0.05) is 29.5 Å². The Morgan fingerprint density at radius 3 is 2.90 bits per heavy atom. The van der Waals surface area contributed by atoms with Gasteiger partial charge in [-0.05, 0) is 36.5 Å². The smallest absolute Gasteiger partial charge is 0.306 e. The highest BCUT2D eigenvalue weighted by Crippen LogP contribution is 2.41. The van der Waals surface area contributed by atoms with Crippen LogP contribution in [-0.2, 0) is 16.0 Å². The third kappa shape index (κ3) is 3.97. The van der Waals surface area contributed by atoms with Gasteiger partial charge in [-0.2, -0.15) is 0 Å². The van der Waals surface area contributed by atoms with Crippen LogP contribution in [0.2, 0.25) is 0 Å². The minimum Gasteiger partial charge on any atom is -0.492 e. The molecular weight excluding hydrogens is 380 g/mol. The number of Topliss-reactive ketones (excluding diaryl/α,β-unsaturated/α-hetero) is 1. The van der Waals surface area contributed by atoms with Crippen molar-refractivity contribution in [1.82, 2.24) is 0 Å². The molecule has 5 heteroatoms. The van der Waals surface area contributed by atoms with E-state index < -0.39 is 0 Å². The van der Waals surface area contributed by atoms with E-state index in [-0.39, 0.29) is 23.8 Å². The van der Waals surface area contributed by atoms with Gasteiger partial charge in [-0.25, -0.2) is 0 Å². The number of carbonyl (C=O) groups excluding carboxylic acids is 2. The average molecular weight is 406 g/mol. The van der Waals surface area contributed by atoms with Crippen molar-refractivity contribution in [3.05, 3.63) is 71.3 Å². The number of esters is 1. The van der Waals surface area contributed by atoms with Gasteiger partial charge in [-0.1, -0.05) is 30.3 Å². The van der Waals surface area contributed by atoms with Crippen LogP contribution >= 0.6 is 0 Å². The Morgan fingerprint density at radius 1 is 1.23 bits per heavy atom. The summed E-state index contributed by atoms with van der Waals surface area (Å²) in [5.74, 6) is 1.42. The fraction of sp³-hybridized carbons (Fsp3) is 0.360. The number of ketones is 1. The zero-order chi connectivity index (χ0) is 21.1. The van der Waals surface area contributed by atoms with Crippen molar-refractivity contribution in [3.63, 3.8) is 0 Å². The van der Waals surface area contributed by atoms with Crippen LogP contribution in [0.15, 0.2) is 49.1 Å². The van der Waals surface area contributed by atoms with Crippen LogP contribution in [0.1, 0.15) is 64.8 Å². The maximum atomic E-state index is 12.5. The van der Waals surface area contributed by atoms with E-state index in [1.54, 1.807) is 6.08 Å². The van der Waals surface area contributed by atoms with E-state index in [1.807, 2.05) is 36.4 Å². The first-order chi connectivity index (χ1) is 14.6. The van der Waals surface area contributed by atoms with Crippen molar-refractivity contribution >= 4 is 11.8 Å². The molecule has 1 heterocycles. The quantitative estimate of drug-likeness (QED) is 0.353. The molecule has 2 atom stereocenters. The summed E-state index contributed by atoms with van der Waals surface area (Å²) in [6.45, 7) is 4.17. The van der Waals surface area contributed by atoms with Crippen LogP contribution in [0.5, 0.6) is 11.5 Å². The molecule has 30 heavy (non-hydrogen) atoms. The molecule has 4 rings (SSSR count). The van der Waals surface area contributed by atoms with Crippen LogP contribution in [-0.4, -0.2) is 25.5 Å². The van der Waals surface area contributed by atoms with E-state index in [9.17, 15) is 9.59 Å². The van der Waals surface area contributed by atoms with Gasteiger partial charge in [0.05, 0.1) is 20.1 Å². The minimum atomic E-state index is -0.238. The molecule has 0 saturated heterocycles. The summed E-state index contributed by atoms with van der Waals surface area (Å²) in [7, 11) is 1.40. The first kappa shape index (κ1) is 20.2. The van der Waals surface area contributed by atoms with E-state index in [0.717, 1.165) is 46.6 Å². The van der Waals surface area contributed by atoms with Crippen molar-refractivity contribution < 1.29 is 23.8 Å². The van der Waals surface area contributed by atoms with Crippen LogP contribution in [0.4, 0.5) is 0 Å². The van der Waals surface area contributed by atoms with Crippen LogP contribution in [0.3, 0.4) is 0 Å². The summed E-state index contributed by atoms with van der Waals surface area (Å²) in [4.78, 5) is 24.1. The Balaban J connectivity index is 1.49. The number of hydrogen-bond donors (Lipinski definition) is 0. The van der Waals surface area contributed by atoms with Crippen molar-refractivity contribution in [3.8, 4) is 11.5 Å². The number of hydrogen-bond acceptors (Lipinski definition) is 5. The summed E-state index contributed by atoms with van der Waals surface area (Å²) >= 11 is 0. The van der Waals surface area contributed by atoms with E-state index in [1.165, 1.54) is 7.11 Å². The number of methoxy groups -OCH3 is 1. The van der Waals surface area contributed by atoms with Gasteiger partial charge in [-0.3, -0.25) is 9.59 Å². The van der Waals surface area contributed by atoms with Gasteiger partial charge >= 0.3 is 5.97 Å². The Morgan fingerprint density at radius 2 is 2.10 bits per heavy atom. The van der Waals surface area contributed by atoms with Gasteiger partial charge in [0.1, 0.15) is 17.6 Å². The van der Waals surface area contributed by atoms with E-state index in [2.05, 4.69) is 6.58 Å². The minimum absolute atomic E-state index is 0.0119. The molecule has 0 spiro atoms. The van der Waals surface area contributed by atoms with E-state index >= 15 is 0 Å². The van der Waals surface area contributed by atoms with E-state index in [4.69, 9.17) is 14.2 Å². The van der Waals surface area contributed by atoms with Gasteiger partial charge in [-0.15, -0.1) is 6.58 Å². The summed E-state index contributed by atoms with van der Waals surface area (Å²) in [5, 5.41) is 0. The lowest BCUT2D eigenvalue weighted by Crippen LogP contribution is -2.09. The molecule has 2 aromatic carbocycles. The first-order valence-corrected chi connectivity index (χ1v) is 10.4. The molecule has 0 saturated carbocycles. The Bertz CT molecular complexity index is 977. The molecule has 1 aliphatic heterocycles. The second-order valence-electron chi connectivity index (χ2n) is 7.76. The SMILES string of the molecule is C=CCCC(=O)c1cccc2c1CC[C@H]2Oc1ccc2c(c1)OC[C@H]2CC(=O)OC.